The molecule has 1 unspecified atom stereocenters. The summed E-state index contributed by atoms with van der Waals surface area (Å²) in [6.45, 7) is 5.11. The Labute approximate surface area is 137 Å². The molecule has 0 aliphatic carbocycles. The Kier molecular flexibility index (Phi) is 6.00. The van der Waals surface area contributed by atoms with Gasteiger partial charge in [-0.2, -0.15) is 5.26 Å². The number of nitrogens with zero attached hydrogens (tertiary/aromatic N) is 2. The molecule has 1 atom stereocenters. The topological polar surface area (TPSA) is 73.6 Å². The highest BCUT2D eigenvalue weighted by atomic mass is 16.5. The fraction of sp³-hybridized carbons (Fsp3) is 0.556. The lowest BCUT2D eigenvalue weighted by atomic mass is 10.0. The number of carbonyl (C=O) groups excluding carboxylic acids is 1. The van der Waals surface area contributed by atoms with Crippen molar-refractivity contribution in [2.24, 2.45) is 5.92 Å². The maximum absolute atomic E-state index is 12.2. The molecule has 1 fully saturated rings. The van der Waals surface area contributed by atoms with E-state index in [4.69, 9.17) is 10.00 Å². The van der Waals surface area contributed by atoms with E-state index in [9.17, 15) is 9.90 Å². The van der Waals surface area contributed by atoms with Crippen LogP contribution in [0.25, 0.3) is 0 Å². The number of likely N-dealkylation sites (tertiary alicyclic amines) is 1. The number of amides is 1. The molecule has 5 heteroatoms. The fourth-order valence-electron chi connectivity index (χ4n) is 2.60. The summed E-state index contributed by atoms with van der Waals surface area (Å²) >= 11 is 0. The van der Waals surface area contributed by atoms with E-state index in [2.05, 4.69) is 6.07 Å². The summed E-state index contributed by atoms with van der Waals surface area (Å²) in [6.07, 6.45) is 1.20. The van der Waals surface area contributed by atoms with Gasteiger partial charge in [-0.05, 0) is 24.1 Å². The zero-order chi connectivity index (χ0) is 16.8. The summed E-state index contributed by atoms with van der Waals surface area (Å²) in [6, 6.07) is 9.22. The van der Waals surface area contributed by atoms with Gasteiger partial charge in [-0.15, -0.1) is 0 Å². The average molecular weight is 316 g/mol. The minimum atomic E-state index is -0.579. The van der Waals surface area contributed by atoms with E-state index in [0.29, 0.717) is 24.4 Å². The van der Waals surface area contributed by atoms with Gasteiger partial charge in [0, 0.05) is 25.9 Å². The molecule has 0 spiro atoms. The maximum atomic E-state index is 12.2. The second kappa shape index (κ2) is 7.98. The normalized spacial score (nSPS) is 16.9. The molecule has 1 aliphatic heterocycles. The number of piperidine rings is 1. The molecule has 0 radical (unpaired) electrons. The molecule has 5 nitrogen and oxygen atoms in total. The Morgan fingerprint density at radius 3 is 2.74 bits per heavy atom. The van der Waals surface area contributed by atoms with Crippen LogP contribution in [0, 0.1) is 17.2 Å². The number of hydrogen-bond acceptors (Lipinski definition) is 4. The van der Waals surface area contributed by atoms with Crippen LogP contribution in [0.2, 0.25) is 0 Å². The third kappa shape index (κ3) is 4.97. The van der Waals surface area contributed by atoms with E-state index in [0.717, 1.165) is 12.8 Å². The van der Waals surface area contributed by atoms with E-state index in [-0.39, 0.29) is 24.3 Å². The van der Waals surface area contributed by atoms with Gasteiger partial charge in [0.1, 0.15) is 11.9 Å². The van der Waals surface area contributed by atoms with E-state index in [1.807, 2.05) is 19.9 Å². The number of benzene rings is 1. The second-order valence-electron chi connectivity index (χ2n) is 6.35. The molecule has 1 N–H and O–H groups in total. The van der Waals surface area contributed by atoms with Gasteiger partial charge in [-0.3, -0.25) is 4.79 Å². The summed E-state index contributed by atoms with van der Waals surface area (Å²) in [5, 5.41) is 18.7. The molecular formula is C18H24N2O3. The molecule has 2 rings (SSSR count). The second-order valence-corrected chi connectivity index (χ2v) is 6.35. The van der Waals surface area contributed by atoms with Gasteiger partial charge in [0.15, 0.2) is 0 Å². The molecule has 0 aromatic heterocycles. The number of aliphatic hydroxyl groups excluding tert-OH is 1. The van der Waals surface area contributed by atoms with Crippen LogP contribution in [-0.2, 0) is 4.79 Å². The minimum Gasteiger partial charge on any atom is -0.490 e. The van der Waals surface area contributed by atoms with E-state index in [1.54, 1.807) is 23.1 Å². The van der Waals surface area contributed by atoms with Crippen molar-refractivity contribution in [2.75, 3.05) is 13.1 Å². The Hall–Kier alpha value is -2.06. The van der Waals surface area contributed by atoms with Crippen molar-refractivity contribution in [3.8, 4) is 11.8 Å². The first kappa shape index (κ1) is 17.3. The first-order valence-electron chi connectivity index (χ1n) is 8.12. The zero-order valence-electron chi connectivity index (χ0n) is 13.7. The largest absolute Gasteiger partial charge is 0.490 e. The standard InChI is InChI=1S/C18H24N2O3/c1-13(2)17(21)11-18(22)20-8-6-15(7-9-20)23-16-5-3-4-14(10-16)12-19/h3-5,10,13,15,17,21H,6-9,11H2,1-2H3. The van der Waals surface area contributed by atoms with Crippen molar-refractivity contribution in [2.45, 2.75) is 45.3 Å². The zero-order valence-corrected chi connectivity index (χ0v) is 13.7. The monoisotopic (exact) mass is 316 g/mol. The fourth-order valence-corrected chi connectivity index (χ4v) is 2.60. The molecule has 1 aromatic rings. The summed E-state index contributed by atoms with van der Waals surface area (Å²) in [7, 11) is 0. The lowest BCUT2D eigenvalue weighted by Crippen LogP contribution is -2.43. The first-order chi connectivity index (χ1) is 11.0. The van der Waals surface area contributed by atoms with Crippen LogP contribution < -0.4 is 4.74 Å². The number of hydrogen-bond donors (Lipinski definition) is 1. The molecule has 0 saturated carbocycles. The molecule has 1 heterocycles. The van der Waals surface area contributed by atoms with Crippen LogP contribution in [0.1, 0.15) is 38.7 Å². The Bertz CT molecular complexity index is 572. The lowest BCUT2D eigenvalue weighted by Gasteiger charge is -2.33. The highest BCUT2D eigenvalue weighted by Gasteiger charge is 2.25. The molecule has 1 amide bonds. The van der Waals surface area contributed by atoms with E-state index in [1.165, 1.54) is 0 Å². The quantitative estimate of drug-likeness (QED) is 0.905. The van der Waals surface area contributed by atoms with Crippen LogP contribution in [0.15, 0.2) is 24.3 Å². The molecular weight excluding hydrogens is 292 g/mol. The van der Waals surface area contributed by atoms with Gasteiger partial charge in [0.2, 0.25) is 5.91 Å². The third-order valence-electron chi connectivity index (χ3n) is 4.21. The van der Waals surface area contributed by atoms with Crippen molar-refractivity contribution >= 4 is 5.91 Å². The third-order valence-corrected chi connectivity index (χ3v) is 4.21. The number of ether oxygens (including phenoxy) is 1. The lowest BCUT2D eigenvalue weighted by molar-refractivity contribution is -0.135. The van der Waals surface area contributed by atoms with Crippen LogP contribution >= 0.6 is 0 Å². The number of aliphatic hydroxyl groups is 1. The molecule has 1 saturated heterocycles. The van der Waals surface area contributed by atoms with Gasteiger partial charge in [0.05, 0.1) is 24.2 Å². The SMILES string of the molecule is CC(C)C(O)CC(=O)N1CCC(Oc2cccc(C#N)c2)CC1. The van der Waals surface area contributed by atoms with Gasteiger partial charge in [0.25, 0.3) is 0 Å². The van der Waals surface area contributed by atoms with Crippen molar-refractivity contribution in [1.82, 2.24) is 4.90 Å². The van der Waals surface area contributed by atoms with Crippen molar-refractivity contribution in [3.63, 3.8) is 0 Å². The molecule has 1 aromatic carbocycles. The van der Waals surface area contributed by atoms with Crippen LogP contribution in [0.4, 0.5) is 0 Å². The van der Waals surface area contributed by atoms with Gasteiger partial charge < -0.3 is 14.7 Å². The molecule has 0 bridgehead atoms. The smallest absolute Gasteiger partial charge is 0.225 e. The molecule has 23 heavy (non-hydrogen) atoms. The Morgan fingerprint density at radius 1 is 1.43 bits per heavy atom. The Morgan fingerprint density at radius 2 is 2.13 bits per heavy atom. The number of nitriles is 1. The maximum Gasteiger partial charge on any atom is 0.225 e. The first-order valence-corrected chi connectivity index (χ1v) is 8.12. The van der Waals surface area contributed by atoms with Gasteiger partial charge in [-0.1, -0.05) is 19.9 Å². The van der Waals surface area contributed by atoms with E-state index >= 15 is 0 Å². The number of rotatable bonds is 5. The van der Waals surface area contributed by atoms with E-state index < -0.39 is 6.10 Å². The Balaban J connectivity index is 1.81. The van der Waals surface area contributed by atoms with Crippen molar-refractivity contribution < 1.29 is 14.6 Å². The summed E-state index contributed by atoms with van der Waals surface area (Å²) in [4.78, 5) is 14.0. The predicted octanol–water partition coefficient (Wildman–Crippen LogP) is 2.34. The highest BCUT2D eigenvalue weighted by molar-refractivity contribution is 5.76. The predicted molar refractivity (Wildman–Crippen MR) is 86.8 cm³/mol. The van der Waals surface area contributed by atoms with Gasteiger partial charge >= 0.3 is 0 Å². The van der Waals surface area contributed by atoms with Gasteiger partial charge in [-0.25, -0.2) is 0 Å². The summed E-state index contributed by atoms with van der Waals surface area (Å²) < 4.78 is 5.91. The summed E-state index contributed by atoms with van der Waals surface area (Å²) in [5.74, 6) is 0.799. The minimum absolute atomic E-state index is 0.0103. The molecule has 1 aliphatic rings. The van der Waals surface area contributed by atoms with Crippen LogP contribution in [0.3, 0.4) is 0 Å². The van der Waals surface area contributed by atoms with Crippen molar-refractivity contribution in [3.05, 3.63) is 29.8 Å². The highest BCUT2D eigenvalue weighted by Crippen LogP contribution is 2.21. The average Bonchev–Trinajstić information content (AvgIpc) is 2.55. The molecule has 124 valence electrons. The number of carbonyl (C=O) groups is 1. The van der Waals surface area contributed by atoms with Crippen LogP contribution in [-0.4, -0.2) is 41.2 Å². The van der Waals surface area contributed by atoms with Crippen LogP contribution in [0.5, 0.6) is 5.75 Å². The summed E-state index contributed by atoms with van der Waals surface area (Å²) in [5.41, 5.74) is 0.581. The van der Waals surface area contributed by atoms with Crippen molar-refractivity contribution in [1.29, 1.82) is 5.26 Å².